The number of nitrogens with one attached hydrogen (secondary N) is 1. The van der Waals surface area contributed by atoms with Gasteiger partial charge in [-0.1, -0.05) is 36.4 Å². The Kier molecular flexibility index (Phi) is 4.68. The molecule has 0 aromatic heterocycles. The Labute approximate surface area is 117 Å². The summed E-state index contributed by atoms with van der Waals surface area (Å²) in [4.78, 5) is 10.7. The smallest absolute Gasteiger partial charge is 0.247 e. The van der Waals surface area contributed by atoms with Gasteiger partial charge < -0.3 is 21.3 Å². The van der Waals surface area contributed by atoms with Gasteiger partial charge in [-0.3, -0.25) is 4.79 Å². The van der Waals surface area contributed by atoms with Crippen LogP contribution in [0, 0.1) is 0 Å². The Hall–Kier alpha value is -1.95. The van der Waals surface area contributed by atoms with Crippen molar-refractivity contribution in [3.63, 3.8) is 0 Å². The van der Waals surface area contributed by atoms with Crippen LogP contribution in [0.3, 0.4) is 0 Å². The van der Waals surface area contributed by atoms with E-state index in [2.05, 4.69) is 5.32 Å². The molecule has 0 saturated carbocycles. The predicted molar refractivity (Wildman–Crippen MR) is 77.0 cm³/mol. The first-order valence-corrected chi connectivity index (χ1v) is 6.43. The molecular formula is C15H18N2O3. The molecule has 0 heterocycles. The van der Waals surface area contributed by atoms with Gasteiger partial charge in [0.05, 0.1) is 6.10 Å². The van der Waals surface area contributed by atoms with Gasteiger partial charge >= 0.3 is 0 Å². The van der Waals surface area contributed by atoms with E-state index in [4.69, 9.17) is 5.73 Å². The monoisotopic (exact) mass is 274 g/mol. The number of aliphatic hydroxyl groups is 2. The maximum Gasteiger partial charge on any atom is 0.247 e. The largest absolute Gasteiger partial charge is 0.387 e. The molecule has 106 valence electrons. The molecule has 0 aliphatic heterocycles. The van der Waals surface area contributed by atoms with Crippen molar-refractivity contribution in [1.29, 1.82) is 0 Å². The van der Waals surface area contributed by atoms with E-state index in [1.807, 2.05) is 42.5 Å². The molecule has 2 unspecified atom stereocenters. The van der Waals surface area contributed by atoms with Gasteiger partial charge in [-0.05, 0) is 22.4 Å². The lowest BCUT2D eigenvalue weighted by molar-refractivity contribution is -0.125. The van der Waals surface area contributed by atoms with Crippen LogP contribution in [0.4, 0.5) is 0 Å². The summed E-state index contributed by atoms with van der Waals surface area (Å²) >= 11 is 0. The molecule has 5 nitrogen and oxygen atoms in total. The van der Waals surface area contributed by atoms with E-state index in [-0.39, 0.29) is 13.1 Å². The number of nitrogens with two attached hydrogens (primary N) is 1. The minimum absolute atomic E-state index is 0.0278. The summed E-state index contributed by atoms with van der Waals surface area (Å²) in [6.07, 6.45) is -1.95. The summed E-state index contributed by atoms with van der Waals surface area (Å²) < 4.78 is 0. The van der Waals surface area contributed by atoms with E-state index < -0.39 is 18.1 Å². The van der Waals surface area contributed by atoms with Gasteiger partial charge in [0, 0.05) is 13.1 Å². The fraction of sp³-hybridized carbons (Fsp3) is 0.267. The summed E-state index contributed by atoms with van der Waals surface area (Å²) in [5, 5.41) is 24.3. The molecule has 0 aliphatic carbocycles. The third kappa shape index (κ3) is 3.54. The zero-order valence-electron chi connectivity index (χ0n) is 11.0. The second-order valence-electron chi connectivity index (χ2n) is 4.70. The second-order valence-corrected chi connectivity index (χ2v) is 4.70. The van der Waals surface area contributed by atoms with Crippen LogP contribution >= 0.6 is 0 Å². The van der Waals surface area contributed by atoms with Crippen molar-refractivity contribution in [3.8, 4) is 0 Å². The van der Waals surface area contributed by atoms with Gasteiger partial charge in [0.1, 0.15) is 6.10 Å². The minimum Gasteiger partial charge on any atom is -0.387 e. The summed E-state index contributed by atoms with van der Waals surface area (Å²) in [6.45, 7) is 0.267. The number of carbonyl (C=O) groups excluding carboxylic acids is 1. The van der Waals surface area contributed by atoms with E-state index in [0.717, 1.165) is 16.3 Å². The highest BCUT2D eigenvalue weighted by atomic mass is 16.3. The van der Waals surface area contributed by atoms with Gasteiger partial charge in [0.2, 0.25) is 5.91 Å². The molecule has 0 radical (unpaired) electrons. The number of primary amides is 1. The fourth-order valence-corrected chi connectivity index (χ4v) is 1.99. The Bertz CT molecular complexity index is 600. The van der Waals surface area contributed by atoms with Gasteiger partial charge in [-0.25, -0.2) is 0 Å². The lowest BCUT2D eigenvalue weighted by Gasteiger charge is -2.14. The molecule has 20 heavy (non-hydrogen) atoms. The van der Waals surface area contributed by atoms with Crippen LogP contribution in [-0.2, 0) is 4.79 Å². The minimum atomic E-state index is -1.24. The van der Waals surface area contributed by atoms with Crippen LogP contribution in [0.25, 0.3) is 10.8 Å². The topological polar surface area (TPSA) is 95.6 Å². The standard InChI is InChI=1S/C15H18N2O3/c16-15(20)14(19)9-17-8-13(18)12-6-5-10-3-1-2-4-11(10)7-12/h1-7,13-14,17-19H,8-9H2,(H2,16,20). The maximum atomic E-state index is 10.7. The molecule has 1 amide bonds. The Morgan fingerprint density at radius 1 is 1.10 bits per heavy atom. The van der Waals surface area contributed by atoms with Crippen molar-refractivity contribution >= 4 is 16.7 Å². The molecule has 0 saturated heterocycles. The lowest BCUT2D eigenvalue weighted by atomic mass is 10.0. The molecule has 2 aromatic rings. The van der Waals surface area contributed by atoms with Crippen LogP contribution in [0.15, 0.2) is 42.5 Å². The van der Waals surface area contributed by atoms with E-state index in [1.54, 1.807) is 0 Å². The molecule has 0 bridgehead atoms. The van der Waals surface area contributed by atoms with Crippen molar-refractivity contribution in [3.05, 3.63) is 48.0 Å². The first kappa shape index (κ1) is 14.5. The number of carbonyl (C=O) groups is 1. The Morgan fingerprint density at radius 3 is 2.50 bits per heavy atom. The third-order valence-electron chi connectivity index (χ3n) is 3.16. The maximum absolute atomic E-state index is 10.7. The highest BCUT2D eigenvalue weighted by Gasteiger charge is 2.12. The molecule has 5 N–H and O–H groups in total. The van der Waals surface area contributed by atoms with Crippen LogP contribution < -0.4 is 11.1 Å². The van der Waals surface area contributed by atoms with E-state index in [0.29, 0.717) is 0 Å². The van der Waals surface area contributed by atoms with Crippen molar-refractivity contribution in [1.82, 2.24) is 5.32 Å². The SMILES string of the molecule is NC(=O)C(O)CNCC(O)c1ccc2ccccc2c1. The normalized spacial score (nSPS) is 14.1. The molecular weight excluding hydrogens is 256 g/mol. The fourth-order valence-electron chi connectivity index (χ4n) is 1.99. The first-order chi connectivity index (χ1) is 9.58. The zero-order valence-corrected chi connectivity index (χ0v) is 11.0. The molecule has 0 fully saturated rings. The number of hydrogen-bond acceptors (Lipinski definition) is 4. The summed E-state index contributed by atoms with van der Waals surface area (Å²) in [7, 11) is 0. The highest BCUT2D eigenvalue weighted by Crippen LogP contribution is 2.19. The average molecular weight is 274 g/mol. The second kappa shape index (κ2) is 6.47. The van der Waals surface area contributed by atoms with E-state index >= 15 is 0 Å². The predicted octanol–water partition coefficient (Wildman–Crippen LogP) is 0.309. The number of amides is 1. The van der Waals surface area contributed by atoms with E-state index in [1.165, 1.54) is 0 Å². The van der Waals surface area contributed by atoms with Crippen LogP contribution in [0.2, 0.25) is 0 Å². The van der Waals surface area contributed by atoms with E-state index in [9.17, 15) is 15.0 Å². The zero-order chi connectivity index (χ0) is 14.5. The highest BCUT2D eigenvalue weighted by molar-refractivity contribution is 5.83. The van der Waals surface area contributed by atoms with Crippen molar-refractivity contribution in [2.24, 2.45) is 5.73 Å². The number of benzene rings is 2. The number of aliphatic hydroxyl groups excluding tert-OH is 2. The third-order valence-corrected chi connectivity index (χ3v) is 3.16. The van der Waals surface area contributed by atoms with Crippen molar-refractivity contribution < 1.29 is 15.0 Å². The van der Waals surface area contributed by atoms with Gasteiger partial charge in [-0.2, -0.15) is 0 Å². The number of rotatable bonds is 6. The Morgan fingerprint density at radius 2 is 1.80 bits per heavy atom. The molecule has 2 atom stereocenters. The van der Waals surface area contributed by atoms with Crippen molar-refractivity contribution in [2.75, 3.05) is 13.1 Å². The Balaban J connectivity index is 1.97. The first-order valence-electron chi connectivity index (χ1n) is 6.43. The van der Waals surface area contributed by atoms with Crippen LogP contribution in [0.1, 0.15) is 11.7 Å². The average Bonchev–Trinajstić information content (AvgIpc) is 2.46. The molecule has 0 aliphatic rings. The molecule has 2 rings (SSSR count). The quantitative estimate of drug-likeness (QED) is 0.609. The van der Waals surface area contributed by atoms with Gasteiger partial charge in [0.25, 0.3) is 0 Å². The summed E-state index contributed by atoms with van der Waals surface area (Å²) in [5.74, 6) is -0.780. The van der Waals surface area contributed by atoms with Gasteiger partial charge in [0.15, 0.2) is 0 Å². The number of hydrogen-bond donors (Lipinski definition) is 4. The van der Waals surface area contributed by atoms with Crippen molar-refractivity contribution in [2.45, 2.75) is 12.2 Å². The van der Waals surface area contributed by atoms with Gasteiger partial charge in [-0.15, -0.1) is 0 Å². The summed E-state index contributed by atoms with van der Waals surface area (Å²) in [6, 6.07) is 13.6. The molecule has 5 heteroatoms. The molecule has 0 spiro atoms. The summed E-state index contributed by atoms with van der Waals surface area (Å²) in [5.41, 5.74) is 5.72. The lowest BCUT2D eigenvalue weighted by Crippen LogP contribution is -2.38. The number of fused-ring (bicyclic) bond motifs is 1. The van der Waals surface area contributed by atoms with Crippen LogP contribution in [0.5, 0.6) is 0 Å². The van der Waals surface area contributed by atoms with Crippen LogP contribution in [-0.4, -0.2) is 35.3 Å². The molecule has 2 aromatic carbocycles.